The summed E-state index contributed by atoms with van der Waals surface area (Å²) in [6.07, 6.45) is 5.85. The van der Waals surface area contributed by atoms with E-state index >= 15 is 0 Å². The standard InChI is InChI=1S/C23H26N2O4S/c1-14-7-8-18-17(11-14)15(13-29-18)12-20(26)25-23-21(22(27)24-9-10-28-2)16-5-3-4-6-19(16)30-23/h7-8,11,13H,3-6,9-10,12H2,1-2H3,(H,24,27)(H,25,26). The SMILES string of the molecule is COCCNC(=O)c1c(NC(=O)Cc2coc3ccc(C)cc23)sc2c1CCCC2. The van der Waals surface area contributed by atoms with Crippen LogP contribution >= 0.6 is 11.3 Å². The first-order valence-corrected chi connectivity index (χ1v) is 11.1. The Hall–Kier alpha value is -2.64. The third kappa shape index (κ3) is 4.27. The first-order valence-electron chi connectivity index (χ1n) is 10.2. The summed E-state index contributed by atoms with van der Waals surface area (Å²) in [5.41, 5.74) is 4.44. The Kier molecular flexibility index (Phi) is 6.20. The van der Waals surface area contributed by atoms with E-state index in [2.05, 4.69) is 10.6 Å². The molecule has 0 unspecified atom stereocenters. The number of nitrogens with one attached hydrogen (secondary N) is 2. The summed E-state index contributed by atoms with van der Waals surface area (Å²) < 4.78 is 10.6. The monoisotopic (exact) mass is 426 g/mol. The van der Waals surface area contributed by atoms with Crippen molar-refractivity contribution in [3.63, 3.8) is 0 Å². The predicted octanol–water partition coefficient (Wildman–Crippen LogP) is 4.24. The average Bonchev–Trinajstić information content (AvgIpc) is 3.28. The molecule has 0 atom stereocenters. The molecule has 2 heterocycles. The number of benzene rings is 1. The zero-order valence-corrected chi connectivity index (χ0v) is 18.1. The minimum atomic E-state index is -0.149. The van der Waals surface area contributed by atoms with Gasteiger partial charge in [-0.3, -0.25) is 9.59 Å². The number of aryl methyl sites for hydroxylation is 2. The van der Waals surface area contributed by atoms with Gasteiger partial charge >= 0.3 is 0 Å². The molecule has 0 saturated carbocycles. The van der Waals surface area contributed by atoms with Crippen molar-refractivity contribution in [1.29, 1.82) is 0 Å². The number of hydrogen-bond donors (Lipinski definition) is 2. The number of rotatable bonds is 7. The van der Waals surface area contributed by atoms with Gasteiger partial charge in [0.05, 0.1) is 24.9 Å². The molecule has 2 N–H and O–H groups in total. The lowest BCUT2D eigenvalue weighted by molar-refractivity contribution is -0.115. The number of hydrogen-bond acceptors (Lipinski definition) is 5. The van der Waals surface area contributed by atoms with Gasteiger partial charge in [-0.15, -0.1) is 11.3 Å². The molecule has 2 amide bonds. The van der Waals surface area contributed by atoms with Crippen LogP contribution in [0.4, 0.5) is 5.00 Å². The number of ether oxygens (including phenoxy) is 1. The molecule has 30 heavy (non-hydrogen) atoms. The lowest BCUT2D eigenvalue weighted by atomic mass is 9.95. The molecule has 1 aromatic carbocycles. The number of amides is 2. The fourth-order valence-corrected chi connectivity index (χ4v) is 5.23. The zero-order valence-electron chi connectivity index (χ0n) is 17.3. The van der Waals surface area contributed by atoms with Crippen molar-refractivity contribution in [2.24, 2.45) is 0 Å². The van der Waals surface area contributed by atoms with Gasteiger partial charge in [0.1, 0.15) is 10.6 Å². The van der Waals surface area contributed by atoms with Crippen molar-refractivity contribution in [2.45, 2.75) is 39.0 Å². The van der Waals surface area contributed by atoms with E-state index in [1.54, 1.807) is 13.4 Å². The number of methoxy groups -OCH3 is 1. The second-order valence-corrected chi connectivity index (χ2v) is 8.75. The largest absolute Gasteiger partial charge is 0.464 e. The first-order chi connectivity index (χ1) is 14.6. The van der Waals surface area contributed by atoms with Crippen LogP contribution < -0.4 is 10.6 Å². The Morgan fingerprint density at radius 1 is 1.23 bits per heavy atom. The predicted molar refractivity (Wildman–Crippen MR) is 118 cm³/mol. The van der Waals surface area contributed by atoms with Crippen LogP contribution in [0.25, 0.3) is 11.0 Å². The summed E-state index contributed by atoms with van der Waals surface area (Å²) >= 11 is 1.53. The molecule has 1 aliphatic carbocycles. The number of anilines is 1. The van der Waals surface area contributed by atoms with Crippen molar-refractivity contribution in [1.82, 2.24) is 5.32 Å². The summed E-state index contributed by atoms with van der Waals surface area (Å²) in [4.78, 5) is 26.9. The summed E-state index contributed by atoms with van der Waals surface area (Å²) in [7, 11) is 1.60. The summed E-state index contributed by atoms with van der Waals surface area (Å²) in [6, 6.07) is 5.93. The lowest BCUT2D eigenvalue weighted by Gasteiger charge is -2.13. The van der Waals surface area contributed by atoms with Gasteiger partial charge in [0.25, 0.3) is 5.91 Å². The van der Waals surface area contributed by atoms with Crippen LogP contribution in [-0.4, -0.2) is 32.1 Å². The second-order valence-electron chi connectivity index (χ2n) is 7.65. The fourth-order valence-electron chi connectivity index (χ4n) is 3.93. The minimum absolute atomic E-state index is 0.147. The van der Waals surface area contributed by atoms with Gasteiger partial charge in [-0.25, -0.2) is 0 Å². The maximum Gasteiger partial charge on any atom is 0.254 e. The number of carbonyl (C=O) groups is 2. The molecule has 0 spiro atoms. The number of carbonyl (C=O) groups excluding carboxylic acids is 2. The van der Waals surface area contributed by atoms with Crippen LogP contribution in [0.5, 0.6) is 0 Å². The molecule has 4 rings (SSSR count). The van der Waals surface area contributed by atoms with E-state index in [1.165, 1.54) is 16.2 Å². The highest BCUT2D eigenvalue weighted by Crippen LogP contribution is 2.38. The van der Waals surface area contributed by atoms with Crippen LogP contribution in [0.15, 0.2) is 28.9 Å². The molecule has 0 aliphatic heterocycles. The van der Waals surface area contributed by atoms with Gasteiger partial charge in [0, 0.05) is 29.5 Å². The van der Waals surface area contributed by atoms with Crippen LogP contribution in [0.2, 0.25) is 0 Å². The first kappa shape index (κ1) is 20.6. The van der Waals surface area contributed by atoms with Crippen molar-refractivity contribution in [3.05, 3.63) is 51.6 Å². The highest BCUT2D eigenvalue weighted by Gasteiger charge is 2.26. The van der Waals surface area contributed by atoms with Crippen molar-refractivity contribution in [3.8, 4) is 0 Å². The fraction of sp³-hybridized carbons (Fsp3) is 0.391. The third-order valence-corrected chi connectivity index (χ3v) is 6.61. The van der Waals surface area contributed by atoms with E-state index < -0.39 is 0 Å². The summed E-state index contributed by atoms with van der Waals surface area (Å²) in [5.74, 6) is -0.296. The normalized spacial score (nSPS) is 13.3. The van der Waals surface area contributed by atoms with Crippen LogP contribution in [0.3, 0.4) is 0 Å². The number of thiophene rings is 1. The van der Waals surface area contributed by atoms with Gasteiger partial charge < -0.3 is 19.8 Å². The van der Waals surface area contributed by atoms with Crippen molar-refractivity contribution >= 4 is 39.1 Å². The number of furan rings is 1. The maximum absolute atomic E-state index is 12.9. The highest BCUT2D eigenvalue weighted by molar-refractivity contribution is 7.17. The highest BCUT2D eigenvalue weighted by atomic mass is 32.1. The molecule has 3 aromatic rings. The smallest absolute Gasteiger partial charge is 0.254 e. The van der Waals surface area contributed by atoms with Gasteiger partial charge in [0.2, 0.25) is 5.91 Å². The molecule has 0 radical (unpaired) electrons. The maximum atomic E-state index is 12.9. The second kappa shape index (κ2) is 9.02. The van der Waals surface area contributed by atoms with E-state index in [1.807, 2.05) is 25.1 Å². The van der Waals surface area contributed by atoms with Gasteiger partial charge in [0.15, 0.2) is 0 Å². The Morgan fingerprint density at radius 2 is 2.07 bits per heavy atom. The molecule has 1 aliphatic rings. The molecule has 0 fully saturated rings. The summed E-state index contributed by atoms with van der Waals surface area (Å²) in [6.45, 7) is 2.90. The van der Waals surface area contributed by atoms with E-state index in [9.17, 15) is 9.59 Å². The molecule has 0 saturated heterocycles. The average molecular weight is 427 g/mol. The lowest BCUT2D eigenvalue weighted by Crippen LogP contribution is -2.28. The third-order valence-electron chi connectivity index (χ3n) is 5.40. The molecule has 0 bridgehead atoms. The van der Waals surface area contributed by atoms with E-state index in [4.69, 9.17) is 9.15 Å². The Morgan fingerprint density at radius 3 is 2.90 bits per heavy atom. The Labute approximate surface area is 179 Å². The van der Waals surface area contributed by atoms with E-state index in [-0.39, 0.29) is 18.2 Å². The van der Waals surface area contributed by atoms with Gasteiger partial charge in [-0.1, -0.05) is 11.6 Å². The van der Waals surface area contributed by atoms with Crippen LogP contribution in [0, 0.1) is 6.92 Å². The molecule has 6 nitrogen and oxygen atoms in total. The molecular weight excluding hydrogens is 400 g/mol. The van der Waals surface area contributed by atoms with Crippen molar-refractivity contribution in [2.75, 3.05) is 25.6 Å². The quantitative estimate of drug-likeness (QED) is 0.554. The molecule has 2 aromatic heterocycles. The van der Waals surface area contributed by atoms with Crippen molar-refractivity contribution < 1.29 is 18.7 Å². The Bertz CT molecular complexity index is 1080. The zero-order chi connectivity index (χ0) is 21.1. The molecular formula is C23H26N2O4S. The topological polar surface area (TPSA) is 80.6 Å². The van der Waals surface area contributed by atoms with Crippen LogP contribution in [0.1, 0.15) is 44.8 Å². The Balaban J connectivity index is 1.55. The van der Waals surface area contributed by atoms with Gasteiger partial charge in [-0.2, -0.15) is 0 Å². The summed E-state index contributed by atoms with van der Waals surface area (Å²) in [5, 5.41) is 7.50. The van der Waals surface area contributed by atoms with E-state index in [0.29, 0.717) is 23.7 Å². The number of fused-ring (bicyclic) bond motifs is 2. The van der Waals surface area contributed by atoms with Crippen LogP contribution in [-0.2, 0) is 28.8 Å². The minimum Gasteiger partial charge on any atom is -0.464 e. The molecule has 158 valence electrons. The molecule has 7 heteroatoms. The van der Waals surface area contributed by atoms with Gasteiger partial charge in [-0.05, 0) is 50.3 Å². The van der Waals surface area contributed by atoms with E-state index in [0.717, 1.165) is 53.3 Å².